The van der Waals surface area contributed by atoms with E-state index in [1.807, 2.05) is 35.2 Å². The number of benzene rings is 1. The maximum absolute atomic E-state index is 12.6. The Hall–Kier alpha value is -1.35. The maximum Gasteiger partial charge on any atom is 0.245 e. The highest BCUT2D eigenvalue weighted by Crippen LogP contribution is 2.35. The molecule has 2 atom stereocenters. The van der Waals surface area contributed by atoms with E-state index >= 15 is 0 Å². The van der Waals surface area contributed by atoms with E-state index in [4.69, 9.17) is 0 Å². The van der Waals surface area contributed by atoms with Gasteiger partial charge in [0.2, 0.25) is 5.91 Å². The molecule has 0 spiro atoms. The number of anilines is 1. The normalized spacial score (nSPS) is 27.8. The molecule has 0 radical (unpaired) electrons. The van der Waals surface area contributed by atoms with Crippen LogP contribution in [-0.4, -0.2) is 29.6 Å². The molecule has 3 rings (SSSR count). The summed E-state index contributed by atoms with van der Waals surface area (Å²) >= 11 is 0. The molecule has 3 nitrogen and oxygen atoms in total. The quantitative estimate of drug-likeness (QED) is 0.816. The summed E-state index contributed by atoms with van der Waals surface area (Å²) in [6.45, 7) is 3.27. The summed E-state index contributed by atoms with van der Waals surface area (Å²) in [7, 11) is 0. The van der Waals surface area contributed by atoms with Gasteiger partial charge in [-0.2, -0.15) is 0 Å². The molecule has 1 aromatic rings. The van der Waals surface area contributed by atoms with Crippen LogP contribution in [0, 0.1) is 0 Å². The molecule has 96 valence electrons. The number of hydrogen-bond acceptors (Lipinski definition) is 2. The Labute approximate surface area is 108 Å². The monoisotopic (exact) mass is 244 g/mol. The van der Waals surface area contributed by atoms with Gasteiger partial charge in [-0.1, -0.05) is 31.5 Å². The lowest BCUT2D eigenvalue weighted by atomic mass is 10.2. The van der Waals surface area contributed by atoms with Crippen molar-refractivity contribution in [2.45, 2.75) is 44.8 Å². The number of nitrogens with zero attached hydrogens (tertiary/aromatic N) is 2. The highest BCUT2D eigenvalue weighted by Gasteiger charge is 2.47. The Morgan fingerprint density at radius 3 is 2.78 bits per heavy atom. The van der Waals surface area contributed by atoms with Crippen LogP contribution in [0.5, 0.6) is 0 Å². The predicted octanol–water partition coefficient (Wildman–Crippen LogP) is 2.62. The van der Waals surface area contributed by atoms with Crippen LogP contribution in [0.4, 0.5) is 5.69 Å². The van der Waals surface area contributed by atoms with Crippen molar-refractivity contribution < 1.29 is 4.79 Å². The SMILES string of the molecule is CCCC1N(c2ccccc2)C(=O)[C@@H]2CCCN12. The molecule has 1 amide bonds. The first kappa shape index (κ1) is 11.7. The van der Waals surface area contributed by atoms with Crippen LogP contribution in [0.15, 0.2) is 30.3 Å². The maximum atomic E-state index is 12.6. The van der Waals surface area contributed by atoms with Gasteiger partial charge in [0.1, 0.15) is 0 Å². The largest absolute Gasteiger partial charge is 0.295 e. The molecule has 18 heavy (non-hydrogen) atoms. The van der Waals surface area contributed by atoms with Gasteiger partial charge in [0, 0.05) is 12.2 Å². The topological polar surface area (TPSA) is 23.6 Å². The molecule has 0 saturated carbocycles. The van der Waals surface area contributed by atoms with E-state index in [0.29, 0.717) is 5.91 Å². The minimum atomic E-state index is 0.141. The van der Waals surface area contributed by atoms with Crippen molar-refractivity contribution in [3.63, 3.8) is 0 Å². The molecule has 1 aromatic carbocycles. The van der Waals surface area contributed by atoms with E-state index in [9.17, 15) is 4.79 Å². The van der Waals surface area contributed by atoms with Crippen LogP contribution in [0.1, 0.15) is 32.6 Å². The van der Waals surface area contributed by atoms with Gasteiger partial charge < -0.3 is 0 Å². The minimum Gasteiger partial charge on any atom is -0.295 e. The zero-order valence-electron chi connectivity index (χ0n) is 10.9. The molecule has 2 aliphatic heterocycles. The van der Waals surface area contributed by atoms with E-state index in [1.165, 1.54) is 6.42 Å². The molecule has 1 unspecified atom stereocenters. The number of para-hydroxylation sites is 1. The van der Waals surface area contributed by atoms with E-state index in [-0.39, 0.29) is 12.2 Å². The van der Waals surface area contributed by atoms with Gasteiger partial charge in [0.15, 0.2) is 0 Å². The lowest BCUT2D eigenvalue weighted by Crippen LogP contribution is -2.39. The summed E-state index contributed by atoms with van der Waals surface area (Å²) in [5.41, 5.74) is 1.05. The molecule has 2 heterocycles. The van der Waals surface area contributed by atoms with Gasteiger partial charge in [0.05, 0.1) is 12.2 Å². The fourth-order valence-electron chi connectivity index (χ4n) is 3.31. The molecule has 0 aromatic heterocycles. The lowest BCUT2D eigenvalue weighted by Gasteiger charge is -2.29. The lowest BCUT2D eigenvalue weighted by molar-refractivity contribution is -0.119. The van der Waals surface area contributed by atoms with Gasteiger partial charge in [-0.15, -0.1) is 0 Å². The zero-order valence-corrected chi connectivity index (χ0v) is 10.9. The second-order valence-electron chi connectivity index (χ2n) is 5.21. The minimum absolute atomic E-state index is 0.141. The first-order chi connectivity index (χ1) is 8.83. The van der Waals surface area contributed by atoms with Crippen molar-refractivity contribution in [1.29, 1.82) is 0 Å². The zero-order chi connectivity index (χ0) is 12.5. The van der Waals surface area contributed by atoms with Crippen molar-refractivity contribution in [1.82, 2.24) is 4.90 Å². The molecule has 0 aliphatic carbocycles. The van der Waals surface area contributed by atoms with Crippen LogP contribution < -0.4 is 4.90 Å². The molecule has 2 saturated heterocycles. The van der Waals surface area contributed by atoms with Crippen LogP contribution in [0.2, 0.25) is 0 Å². The Kier molecular flexibility index (Phi) is 3.08. The van der Waals surface area contributed by atoms with Gasteiger partial charge in [-0.3, -0.25) is 14.6 Å². The molecule has 0 N–H and O–H groups in total. The summed E-state index contributed by atoms with van der Waals surface area (Å²) in [6, 6.07) is 10.2. The van der Waals surface area contributed by atoms with Gasteiger partial charge in [0.25, 0.3) is 0 Å². The molecular formula is C15H20N2O. The number of rotatable bonds is 3. The molecule has 2 fully saturated rings. The third kappa shape index (κ3) is 1.74. The van der Waals surface area contributed by atoms with Gasteiger partial charge in [-0.25, -0.2) is 0 Å². The first-order valence-corrected chi connectivity index (χ1v) is 6.97. The van der Waals surface area contributed by atoms with Crippen LogP contribution in [-0.2, 0) is 4.79 Å². The van der Waals surface area contributed by atoms with Crippen molar-refractivity contribution in [2.75, 3.05) is 11.4 Å². The second-order valence-corrected chi connectivity index (χ2v) is 5.21. The van der Waals surface area contributed by atoms with Gasteiger partial charge >= 0.3 is 0 Å². The molecule has 0 bridgehead atoms. The van der Waals surface area contributed by atoms with E-state index in [2.05, 4.69) is 11.8 Å². The Bertz CT molecular complexity index is 431. The smallest absolute Gasteiger partial charge is 0.245 e. The third-order valence-corrected chi connectivity index (χ3v) is 4.08. The number of amides is 1. The van der Waals surface area contributed by atoms with Crippen LogP contribution in [0.3, 0.4) is 0 Å². The Balaban J connectivity index is 1.94. The fraction of sp³-hybridized carbons (Fsp3) is 0.533. The Morgan fingerprint density at radius 2 is 2.06 bits per heavy atom. The standard InChI is InChI=1S/C15H20N2O/c1-2-7-14-16-11-6-10-13(16)15(18)17(14)12-8-4-3-5-9-12/h3-5,8-9,13-14H,2,6-7,10-11H2,1H3/t13-,14?/m0/s1. The first-order valence-electron chi connectivity index (χ1n) is 6.97. The Morgan fingerprint density at radius 1 is 1.28 bits per heavy atom. The summed E-state index contributed by atoms with van der Waals surface area (Å²) in [6.07, 6.45) is 4.65. The predicted molar refractivity (Wildman–Crippen MR) is 72.4 cm³/mol. The summed E-state index contributed by atoms with van der Waals surface area (Å²) < 4.78 is 0. The average Bonchev–Trinajstić information content (AvgIpc) is 2.96. The van der Waals surface area contributed by atoms with Crippen molar-refractivity contribution >= 4 is 11.6 Å². The van der Waals surface area contributed by atoms with E-state index in [0.717, 1.165) is 31.5 Å². The van der Waals surface area contributed by atoms with E-state index < -0.39 is 0 Å². The number of hydrogen-bond donors (Lipinski definition) is 0. The highest BCUT2D eigenvalue weighted by molar-refractivity contribution is 6.00. The third-order valence-electron chi connectivity index (χ3n) is 4.08. The van der Waals surface area contributed by atoms with Crippen molar-refractivity contribution in [3.05, 3.63) is 30.3 Å². The fourth-order valence-corrected chi connectivity index (χ4v) is 3.31. The summed E-state index contributed by atoms with van der Waals surface area (Å²) in [4.78, 5) is 17.0. The van der Waals surface area contributed by atoms with Crippen LogP contribution in [0.25, 0.3) is 0 Å². The number of carbonyl (C=O) groups excluding carboxylic acids is 1. The molecule has 3 heteroatoms. The number of carbonyl (C=O) groups is 1. The van der Waals surface area contributed by atoms with Gasteiger partial charge in [-0.05, 0) is 31.4 Å². The second kappa shape index (κ2) is 4.73. The van der Waals surface area contributed by atoms with Crippen molar-refractivity contribution in [3.8, 4) is 0 Å². The molecular weight excluding hydrogens is 224 g/mol. The summed E-state index contributed by atoms with van der Waals surface area (Å²) in [5, 5.41) is 0. The average molecular weight is 244 g/mol. The van der Waals surface area contributed by atoms with Crippen molar-refractivity contribution in [2.24, 2.45) is 0 Å². The van der Waals surface area contributed by atoms with E-state index in [1.54, 1.807) is 0 Å². The molecule has 2 aliphatic rings. The highest BCUT2D eigenvalue weighted by atomic mass is 16.2. The summed E-state index contributed by atoms with van der Waals surface area (Å²) in [5.74, 6) is 0.303. The number of fused-ring (bicyclic) bond motifs is 1. The van der Waals surface area contributed by atoms with Crippen LogP contribution >= 0.6 is 0 Å².